The van der Waals surface area contributed by atoms with Gasteiger partial charge in [-0.15, -0.1) is 0 Å². The normalized spacial score (nSPS) is 16.9. The summed E-state index contributed by atoms with van der Waals surface area (Å²) in [5, 5.41) is 2.19. The average molecular weight is 395 g/mol. The maximum Gasteiger partial charge on any atom is 0.270 e. The number of hydrogen-bond acceptors (Lipinski definition) is 4. The van der Waals surface area contributed by atoms with Crippen molar-refractivity contribution < 1.29 is 18.4 Å². The fourth-order valence-corrected chi connectivity index (χ4v) is 2.65. The monoisotopic (exact) mass is 394 g/mol. The molecule has 0 atom stereocenters. The third-order valence-electron chi connectivity index (χ3n) is 3.08. The first-order valence-corrected chi connectivity index (χ1v) is 7.59. The van der Waals surface area contributed by atoms with Crippen molar-refractivity contribution in [2.24, 2.45) is 0 Å². The van der Waals surface area contributed by atoms with E-state index in [1.54, 1.807) is 18.2 Å². The Morgan fingerprint density at radius 3 is 2.61 bits per heavy atom. The number of benzene rings is 1. The topological polar surface area (TPSA) is 62.6 Å². The molecule has 1 saturated heterocycles. The van der Waals surface area contributed by atoms with Crippen LogP contribution in [0.15, 0.2) is 51.1 Å². The molecular formula is C15H8BrFN2O3S. The number of rotatable bonds is 2. The largest absolute Gasteiger partial charge is 0.450 e. The Morgan fingerprint density at radius 1 is 1.22 bits per heavy atom. The molecule has 0 spiro atoms. The molecule has 0 unspecified atom stereocenters. The summed E-state index contributed by atoms with van der Waals surface area (Å²) in [6, 6.07) is 8.87. The lowest BCUT2D eigenvalue weighted by atomic mass is 10.1. The summed E-state index contributed by atoms with van der Waals surface area (Å²) in [6.07, 6.45) is 1.28. The van der Waals surface area contributed by atoms with Crippen LogP contribution in [-0.2, 0) is 9.59 Å². The minimum Gasteiger partial charge on any atom is -0.450 e. The van der Waals surface area contributed by atoms with Crippen LogP contribution in [0.4, 0.5) is 10.1 Å². The lowest BCUT2D eigenvalue weighted by molar-refractivity contribution is -0.122. The number of halogens is 2. The van der Waals surface area contributed by atoms with E-state index < -0.39 is 17.6 Å². The number of nitrogens with one attached hydrogen (secondary N) is 1. The Balaban J connectivity index is 2.04. The zero-order chi connectivity index (χ0) is 16.6. The summed E-state index contributed by atoms with van der Waals surface area (Å²) in [6.45, 7) is 0. The highest BCUT2D eigenvalue weighted by molar-refractivity contribution is 9.10. The van der Waals surface area contributed by atoms with Gasteiger partial charge < -0.3 is 4.42 Å². The Hall–Kier alpha value is -2.32. The molecule has 0 bridgehead atoms. The average Bonchev–Trinajstić information content (AvgIpc) is 2.91. The summed E-state index contributed by atoms with van der Waals surface area (Å²) in [4.78, 5) is 25.6. The van der Waals surface area contributed by atoms with E-state index >= 15 is 0 Å². The first-order valence-electron chi connectivity index (χ1n) is 6.38. The van der Waals surface area contributed by atoms with E-state index in [2.05, 4.69) is 21.2 Å². The van der Waals surface area contributed by atoms with Crippen LogP contribution >= 0.6 is 28.1 Å². The fourth-order valence-electron chi connectivity index (χ4n) is 2.06. The molecule has 5 nitrogen and oxygen atoms in total. The highest BCUT2D eigenvalue weighted by Gasteiger charge is 2.35. The lowest BCUT2D eigenvalue weighted by Gasteiger charge is -2.28. The van der Waals surface area contributed by atoms with Crippen molar-refractivity contribution in [2.75, 3.05) is 4.90 Å². The van der Waals surface area contributed by atoms with Crippen molar-refractivity contribution in [3.05, 3.63) is 58.2 Å². The summed E-state index contributed by atoms with van der Waals surface area (Å²) >= 11 is 8.13. The van der Waals surface area contributed by atoms with Gasteiger partial charge in [0.05, 0.1) is 5.69 Å². The summed E-state index contributed by atoms with van der Waals surface area (Å²) in [5.74, 6) is -1.72. The molecule has 2 aromatic rings. The third kappa shape index (κ3) is 2.95. The first-order chi connectivity index (χ1) is 11.0. The maximum absolute atomic E-state index is 14.0. The molecule has 0 radical (unpaired) electrons. The maximum atomic E-state index is 14.0. The molecule has 23 heavy (non-hydrogen) atoms. The number of carbonyl (C=O) groups excluding carboxylic acids is 2. The van der Waals surface area contributed by atoms with E-state index in [9.17, 15) is 14.0 Å². The number of hydrogen-bond donors (Lipinski definition) is 1. The van der Waals surface area contributed by atoms with Gasteiger partial charge in [0.2, 0.25) is 0 Å². The van der Waals surface area contributed by atoms with Crippen molar-refractivity contribution in [3.8, 4) is 0 Å². The minimum absolute atomic E-state index is 0.0333. The first kappa shape index (κ1) is 15.6. The Labute approximate surface area is 143 Å². The van der Waals surface area contributed by atoms with Gasteiger partial charge in [0, 0.05) is 0 Å². The summed E-state index contributed by atoms with van der Waals surface area (Å²) in [5.41, 5.74) is -0.238. The number of anilines is 1. The Kier molecular flexibility index (Phi) is 4.10. The van der Waals surface area contributed by atoms with Crippen molar-refractivity contribution in [2.45, 2.75) is 0 Å². The molecule has 1 aliphatic heterocycles. The molecule has 2 amide bonds. The van der Waals surface area contributed by atoms with Crippen molar-refractivity contribution in [1.82, 2.24) is 5.32 Å². The van der Waals surface area contributed by atoms with Crippen LogP contribution in [0, 0.1) is 5.82 Å². The van der Waals surface area contributed by atoms with Gasteiger partial charge in [-0.25, -0.2) is 9.29 Å². The molecule has 8 heteroatoms. The Morgan fingerprint density at radius 2 is 1.96 bits per heavy atom. The standard InChI is InChI=1S/C15H8BrFN2O3S/c16-12-6-5-8(22-12)7-9-13(20)18-15(23)19(14(9)21)11-4-2-1-3-10(11)17/h1-7H,(H,18,20,23). The second-order valence-electron chi connectivity index (χ2n) is 4.55. The number of amides is 2. The molecule has 116 valence electrons. The molecule has 1 fully saturated rings. The SMILES string of the molecule is O=C1NC(=S)N(c2ccccc2F)C(=O)C1=Cc1ccc(Br)o1. The van der Waals surface area contributed by atoms with Crippen LogP contribution in [0.1, 0.15) is 5.76 Å². The highest BCUT2D eigenvalue weighted by Crippen LogP contribution is 2.25. The molecule has 2 heterocycles. The van der Waals surface area contributed by atoms with E-state index in [1.165, 1.54) is 24.3 Å². The number of nitrogens with zero attached hydrogens (tertiary/aromatic N) is 1. The van der Waals surface area contributed by atoms with Crippen molar-refractivity contribution >= 4 is 56.8 Å². The number of carbonyl (C=O) groups is 2. The fraction of sp³-hybridized carbons (Fsp3) is 0. The van der Waals surface area contributed by atoms with Crippen LogP contribution in [0.25, 0.3) is 6.08 Å². The van der Waals surface area contributed by atoms with Crippen LogP contribution in [0.2, 0.25) is 0 Å². The molecule has 1 N–H and O–H groups in total. The van der Waals surface area contributed by atoms with Crippen LogP contribution in [0.5, 0.6) is 0 Å². The molecular weight excluding hydrogens is 387 g/mol. The van der Waals surface area contributed by atoms with Crippen molar-refractivity contribution in [3.63, 3.8) is 0 Å². The molecule has 0 aliphatic carbocycles. The van der Waals surface area contributed by atoms with Gasteiger partial charge in [0.1, 0.15) is 17.2 Å². The zero-order valence-electron chi connectivity index (χ0n) is 11.4. The van der Waals surface area contributed by atoms with Crippen LogP contribution < -0.4 is 10.2 Å². The van der Waals surface area contributed by atoms with E-state index in [-0.39, 0.29) is 16.4 Å². The van der Waals surface area contributed by atoms with E-state index in [4.69, 9.17) is 16.6 Å². The quantitative estimate of drug-likeness (QED) is 0.483. The summed E-state index contributed by atoms with van der Waals surface area (Å²) < 4.78 is 19.7. The van der Waals surface area contributed by atoms with Crippen LogP contribution in [0.3, 0.4) is 0 Å². The molecule has 3 rings (SSSR count). The zero-order valence-corrected chi connectivity index (χ0v) is 13.8. The second kappa shape index (κ2) is 6.05. The minimum atomic E-state index is -0.726. The van der Waals surface area contributed by atoms with Gasteiger partial charge in [-0.05, 0) is 58.5 Å². The van der Waals surface area contributed by atoms with E-state index in [1.807, 2.05) is 0 Å². The summed E-state index contributed by atoms with van der Waals surface area (Å²) in [7, 11) is 0. The predicted octanol–water partition coefficient (Wildman–Crippen LogP) is 3.01. The van der Waals surface area contributed by atoms with Gasteiger partial charge >= 0.3 is 0 Å². The predicted molar refractivity (Wildman–Crippen MR) is 89.0 cm³/mol. The number of thiocarbonyl (C=S) groups is 1. The number of furan rings is 1. The van der Waals surface area contributed by atoms with E-state index in [0.717, 1.165) is 4.90 Å². The molecule has 1 aliphatic rings. The van der Waals surface area contributed by atoms with Gasteiger partial charge in [0.25, 0.3) is 11.8 Å². The lowest BCUT2D eigenvalue weighted by Crippen LogP contribution is -2.54. The molecule has 1 aromatic carbocycles. The van der Waals surface area contributed by atoms with Gasteiger partial charge in [0.15, 0.2) is 9.78 Å². The van der Waals surface area contributed by atoms with Crippen molar-refractivity contribution in [1.29, 1.82) is 0 Å². The van der Waals surface area contributed by atoms with Gasteiger partial charge in [-0.1, -0.05) is 12.1 Å². The second-order valence-corrected chi connectivity index (χ2v) is 5.72. The highest BCUT2D eigenvalue weighted by atomic mass is 79.9. The van der Waals surface area contributed by atoms with Gasteiger partial charge in [-0.2, -0.15) is 0 Å². The van der Waals surface area contributed by atoms with E-state index in [0.29, 0.717) is 10.4 Å². The molecule has 0 saturated carbocycles. The Bertz CT molecular complexity index is 862. The third-order valence-corrected chi connectivity index (χ3v) is 3.79. The number of para-hydroxylation sites is 1. The molecule has 1 aromatic heterocycles. The van der Waals surface area contributed by atoms with Gasteiger partial charge in [-0.3, -0.25) is 14.9 Å². The smallest absolute Gasteiger partial charge is 0.270 e. The van der Waals surface area contributed by atoms with Crippen LogP contribution in [-0.4, -0.2) is 16.9 Å².